The second kappa shape index (κ2) is 11.4. The third kappa shape index (κ3) is 6.53. The van der Waals surface area contributed by atoms with Gasteiger partial charge in [0, 0.05) is 22.0 Å². The van der Waals surface area contributed by atoms with E-state index in [0.717, 1.165) is 22.6 Å². The largest absolute Gasteiger partial charge is 0.494 e. The summed E-state index contributed by atoms with van der Waals surface area (Å²) in [6.45, 7) is 11.1. The Morgan fingerprint density at radius 2 is 1.73 bits per heavy atom. The predicted octanol–water partition coefficient (Wildman–Crippen LogP) is 7.32. The van der Waals surface area contributed by atoms with Crippen molar-refractivity contribution in [3.8, 4) is 22.8 Å². The van der Waals surface area contributed by atoms with E-state index in [1.165, 1.54) is 17.3 Å². The van der Waals surface area contributed by atoms with Crippen molar-refractivity contribution in [2.24, 2.45) is 0 Å². The number of hydrogen-bond acceptors (Lipinski definition) is 5. The minimum atomic E-state index is -0.146. The van der Waals surface area contributed by atoms with Crippen LogP contribution >= 0.6 is 23.4 Å². The van der Waals surface area contributed by atoms with E-state index < -0.39 is 0 Å². The standard InChI is InChI=1S/C29H31ClN4O2S/c1-6-36-24-15-13-23(14-16-24)34-27(20-8-10-21(11-9-20)29(3,4)5)32-33-28(34)37-18-26(35)31-25-17-22(30)12-7-19(25)2/h7-17H,6,18H2,1-5H3,(H,31,35). The first kappa shape index (κ1) is 26.8. The first-order chi connectivity index (χ1) is 17.7. The molecule has 0 bridgehead atoms. The number of rotatable bonds is 8. The number of carbonyl (C=O) groups excluding carboxylic acids is 1. The van der Waals surface area contributed by atoms with Gasteiger partial charge in [0.1, 0.15) is 5.75 Å². The van der Waals surface area contributed by atoms with Crippen LogP contribution in [0, 0.1) is 6.92 Å². The fourth-order valence-electron chi connectivity index (χ4n) is 3.81. The molecule has 0 radical (unpaired) electrons. The molecule has 0 aliphatic rings. The molecule has 3 aromatic carbocycles. The number of nitrogens with one attached hydrogen (secondary N) is 1. The summed E-state index contributed by atoms with van der Waals surface area (Å²) >= 11 is 7.43. The van der Waals surface area contributed by atoms with Crippen molar-refractivity contribution in [3.63, 3.8) is 0 Å². The molecule has 1 heterocycles. The number of aromatic nitrogens is 3. The van der Waals surface area contributed by atoms with E-state index in [4.69, 9.17) is 16.3 Å². The Bertz CT molecular complexity index is 1380. The van der Waals surface area contributed by atoms with Crippen molar-refractivity contribution >= 4 is 35.0 Å². The van der Waals surface area contributed by atoms with E-state index in [0.29, 0.717) is 28.3 Å². The molecule has 1 aromatic heterocycles. The molecule has 37 heavy (non-hydrogen) atoms. The lowest BCUT2D eigenvalue weighted by Gasteiger charge is -2.19. The van der Waals surface area contributed by atoms with Crippen LogP contribution in [-0.2, 0) is 10.2 Å². The third-order valence-corrected chi connectivity index (χ3v) is 7.02. The van der Waals surface area contributed by atoms with E-state index in [-0.39, 0.29) is 17.1 Å². The molecule has 0 spiro atoms. The van der Waals surface area contributed by atoms with Crippen molar-refractivity contribution in [2.45, 2.75) is 45.2 Å². The first-order valence-electron chi connectivity index (χ1n) is 12.1. The van der Waals surface area contributed by atoms with Crippen LogP contribution in [0.5, 0.6) is 5.75 Å². The molecule has 0 aliphatic carbocycles. The van der Waals surface area contributed by atoms with Gasteiger partial charge in [0.15, 0.2) is 11.0 Å². The summed E-state index contributed by atoms with van der Waals surface area (Å²) in [6, 6.07) is 21.6. The van der Waals surface area contributed by atoms with Gasteiger partial charge in [-0.3, -0.25) is 9.36 Å². The normalized spacial score (nSPS) is 11.4. The molecule has 0 atom stereocenters. The van der Waals surface area contributed by atoms with Gasteiger partial charge in [0.2, 0.25) is 5.91 Å². The van der Waals surface area contributed by atoms with Gasteiger partial charge in [-0.1, -0.05) is 74.5 Å². The molecule has 0 saturated heterocycles. The van der Waals surface area contributed by atoms with Crippen molar-refractivity contribution in [1.82, 2.24) is 14.8 Å². The molecular formula is C29H31ClN4O2S. The van der Waals surface area contributed by atoms with E-state index in [9.17, 15) is 4.79 Å². The highest BCUT2D eigenvalue weighted by Crippen LogP contribution is 2.31. The Hall–Kier alpha value is -3.29. The Balaban J connectivity index is 1.63. The maximum Gasteiger partial charge on any atom is 0.234 e. The molecule has 1 N–H and O–H groups in total. The summed E-state index contributed by atoms with van der Waals surface area (Å²) in [5.41, 5.74) is 4.77. The zero-order valence-corrected chi connectivity index (χ0v) is 23.3. The topological polar surface area (TPSA) is 69.0 Å². The highest BCUT2D eigenvalue weighted by Gasteiger charge is 2.19. The van der Waals surface area contributed by atoms with Gasteiger partial charge < -0.3 is 10.1 Å². The van der Waals surface area contributed by atoms with Crippen LogP contribution in [0.2, 0.25) is 5.02 Å². The minimum absolute atomic E-state index is 0.0526. The fourth-order valence-corrected chi connectivity index (χ4v) is 4.73. The lowest BCUT2D eigenvalue weighted by atomic mass is 9.87. The summed E-state index contributed by atoms with van der Waals surface area (Å²) in [7, 11) is 0. The monoisotopic (exact) mass is 534 g/mol. The molecule has 0 unspecified atom stereocenters. The Morgan fingerprint density at radius 1 is 1.03 bits per heavy atom. The van der Waals surface area contributed by atoms with E-state index >= 15 is 0 Å². The third-order valence-electron chi connectivity index (χ3n) is 5.85. The quantitative estimate of drug-likeness (QED) is 0.240. The highest BCUT2D eigenvalue weighted by molar-refractivity contribution is 7.99. The van der Waals surface area contributed by atoms with E-state index in [1.54, 1.807) is 12.1 Å². The predicted molar refractivity (Wildman–Crippen MR) is 152 cm³/mol. The molecule has 0 aliphatic heterocycles. The molecule has 192 valence electrons. The number of anilines is 1. The number of hydrogen-bond donors (Lipinski definition) is 1. The average Bonchev–Trinajstić information content (AvgIpc) is 3.29. The smallest absolute Gasteiger partial charge is 0.234 e. The van der Waals surface area contributed by atoms with Gasteiger partial charge in [-0.15, -0.1) is 10.2 Å². The lowest BCUT2D eigenvalue weighted by molar-refractivity contribution is -0.113. The maximum absolute atomic E-state index is 12.8. The second-order valence-electron chi connectivity index (χ2n) is 9.69. The van der Waals surface area contributed by atoms with Crippen LogP contribution in [0.25, 0.3) is 17.1 Å². The summed E-state index contributed by atoms with van der Waals surface area (Å²) in [5.74, 6) is 1.52. The van der Waals surface area contributed by atoms with Gasteiger partial charge in [0.25, 0.3) is 0 Å². The summed E-state index contributed by atoms with van der Waals surface area (Å²) < 4.78 is 7.59. The fraction of sp³-hybridized carbons (Fsp3) is 0.276. The minimum Gasteiger partial charge on any atom is -0.494 e. The number of benzene rings is 3. The zero-order chi connectivity index (χ0) is 26.6. The van der Waals surface area contributed by atoms with Crippen molar-refractivity contribution in [2.75, 3.05) is 17.7 Å². The molecule has 1 amide bonds. The summed E-state index contributed by atoms with van der Waals surface area (Å²) in [6.07, 6.45) is 0. The number of carbonyl (C=O) groups is 1. The van der Waals surface area contributed by atoms with Crippen LogP contribution < -0.4 is 10.1 Å². The number of nitrogens with zero attached hydrogens (tertiary/aromatic N) is 3. The summed E-state index contributed by atoms with van der Waals surface area (Å²) in [4.78, 5) is 12.8. The number of aryl methyl sites for hydroxylation is 1. The van der Waals surface area contributed by atoms with Gasteiger partial charge >= 0.3 is 0 Å². The molecular weight excluding hydrogens is 504 g/mol. The maximum atomic E-state index is 12.8. The van der Waals surface area contributed by atoms with Crippen molar-refractivity contribution in [3.05, 3.63) is 82.9 Å². The van der Waals surface area contributed by atoms with Crippen LogP contribution in [0.15, 0.2) is 71.9 Å². The summed E-state index contributed by atoms with van der Waals surface area (Å²) in [5, 5.41) is 13.1. The molecule has 4 aromatic rings. The van der Waals surface area contributed by atoms with E-state index in [1.807, 2.05) is 48.7 Å². The Morgan fingerprint density at radius 3 is 2.38 bits per heavy atom. The number of halogens is 1. The van der Waals surface area contributed by atoms with Gasteiger partial charge in [-0.05, 0) is 66.8 Å². The average molecular weight is 535 g/mol. The number of ether oxygens (including phenoxy) is 1. The number of thioether (sulfide) groups is 1. The molecule has 0 saturated carbocycles. The Kier molecular flexibility index (Phi) is 8.25. The number of amides is 1. The molecule has 6 nitrogen and oxygen atoms in total. The molecule has 0 fully saturated rings. The first-order valence-corrected chi connectivity index (χ1v) is 13.5. The zero-order valence-electron chi connectivity index (χ0n) is 21.7. The van der Waals surface area contributed by atoms with Gasteiger partial charge in [-0.2, -0.15) is 0 Å². The molecule has 4 rings (SSSR count). The van der Waals surface area contributed by atoms with Crippen molar-refractivity contribution in [1.29, 1.82) is 0 Å². The SMILES string of the molecule is CCOc1ccc(-n2c(SCC(=O)Nc3cc(Cl)ccc3C)nnc2-c2ccc(C(C)(C)C)cc2)cc1. The van der Waals surface area contributed by atoms with Gasteiger partial charge in [-0.25, -0.2) is 0 Å². The van der Waals surface area contributed by atoms with Crippen LogP contribution in [0.3, 0.4) is 0 Å². The Labute approximate surface area is 227 Å². The highest BCUT2D eigenvalue weighted by atomic mass is 35.5. The van der Waals surface area contributed by atoms with Crippen LogP contribution in [0.4, 0.5) is 5.69 Å². The lowest BCUT2D eigenvalue weighted by Crippen LogP contribution is -2.15. The van der Waals surface area contributed by atoms with E-state index in [2.05, 4.69) is 60.6 Å². The van der Waals surface area contributed by atoms with Gasteiger partial charge in [0.05, 0.1) is 12.4 Å². The van der Waals surface area contributed by atoms with Crippen molar-refractivity contribution < 1.29 is 9.53 Å². The van der Waals surface area contributed by atoms with Crippen LogP contribution in [-0.4, -0.2) is 33.0 Å². The van der Waals surface area contributed by atoms with Crippen LogP contribution in [0.1, 0.15) is 38.8 Å². The second-order valence-corrected chi connectivity index (χ2v) is 11.1. The molecule has 8 heteroatoms.